The average Bonchev–Trinajstić information content (AvgIpc) is 2.39. The lowest BCUT2D eigenvalue weighted by molar-refractivity contribution is -0.122. The maximum Gasteiger partial charge on any atom is 0.220 e. The highest BCUT2D eigenvalue weighted by Crippen LogP contribution is 2.27. The molecule has 1 aliphatic carbocycles. The molecule has 0 radical (unpaired) electrons. The van der Waals surface area contributed by atoms with Crippen molar-refractivity contribution >= 4 is 5.91 Å². The summed E-state index contributed by atoms with van der Waals surface area (Å²) in [6, 6.07) is 0.158. The van der Waals surface area contributed by atoms with Crippen LogP contribution in [-0.2, 0) is 9.53 Å². The maximum absolute atomic E-state index is 11.8. The summed E-state index contributed by atoms with van der Waals surface area (Å²) in [5, 5.41) is 12.2. The summed E-state index contributed by atoms with van der Waals surface area (Å²) < 4.78 is 4.94. The fourth-order valence-electron chi connectivity index (χ4n) is 2.76. The number of ether oxygens (including phenoxy) is 1. The van der Waals surface area contributed by atoms with Crippen LogP contribution in [0.4, 0.5) is 0 Å². The summed E-state index contributed by atoms with van der Waals surface area (Å²) in [5.41, 5.74) is 0. The first kappa shape index (κ1) is 15.4. The Balaban J connectivity index is 2.33. The SMILES string of the molecule is COCCCC(=O)NC(CCO)C1CCCCC1. The van der Waals surface area contributed by atoms with Crippen molar-refractivity contribution in [2.75, 3.05) is 20.3 Å². The van der Waals surface area contributed by atoms with Crippen LogP contribution in [0.1, 0.15) is 51.4 Å². The van der Waals surface area contributed by atoms with Crippen LogP contribution >= 0.6 is 0 Å². The molecule has 4 heteroatoms. The number of carbonyl (C=O) groups excluding carboxylic acids is 1. The van der Waals surface area contributed by atoms with E-state index in [1.807, 2.05) is 0 Å². The summed E-state index contributed by atoms with van der Waals surface area (Å²) in [4.78, 5) is 11.8. The third-order valence-electron chi connectivity index (χ3n) is 3.76. The first-order valence-corrected chi connectivity index (χ1v) is 7.17. The van der Waals surface area contributed by atoms with Gasteiger partial charge < -0.3 is 15.2 Å². The van der Waals surface area contributed by atoms with Gasteiger partial charge in [-0.25, -0.2) is 0 Å². The van der Waals surface area contributed by atoms with Gasteiger partial charge in [-0.2, -0.15) is 0 Å². The predicted octanol–water partition coefficient (Wildman–Crippen LogP) is 1.86. The summed E-state index contributed by atoms with van der Waals surface area (Å²) in [6.45, 7) is 0.779. The van der Waals surface area contributed by atoms with E-state index in [-0.39, 0.29) is 18.6 Å². The molecule has 4 nitrogen and oxygen atoms in total. The molecule has 0 spiro atoms. The van der Waals surface area contributed by atoms with Gasteiger partial charge in [-0.05, 0) is 31.6 Å². The van der Waals surface area contributed by atoms with Gasteiger partial charge in [0, 0.05) is 32.8 Å². The van der Waals surface area contributed by atoms with Crippen molar-refractivity contribution in [2.24, 2.45) is 5.92 Å². The normalized spacial score (nSPS) is 18.6. The fourth-order valence-corrected chi connectivity index (χ4v) is 2.76. The second-order valence-corrected chi connectivity index (χ2v) is 5.18. The highest BCUT2D eigenvalue weighted by Gasteiger charge is 2.24. The fraction of sp³-hybridized carbons (Fsp3) is 0.929. The number of methoxy groups -OCH3 is 1. The van der Waals surface area contributed by atoms with E-state index < -0.39 is 0 Å². The predicted molar refractivity (Wildman–Crippen MR) is 71.3 cm³/mol. The van der Waals surface area contributed by atoms with Crippen molar-refractivity contribution in [1.82, 2.24) is 5.32 Å². The molecular formula is C14H27NO3. The Morgan fingerprint density at radius 3 is 2.72 bits per heavy atom. The smallest absolute Gasteiger partial charge is 0.220 e. The highest BCUT2D eigenvalue weighted by atomic mass is 16.5. The molecule has 0 heterocycles. The van der Waals surface area contributed by atoms with Crippen molar-refractivity contribution in [3.05, 3.63) is 0 Å². The van der Waals surface area contributed by atoms with Gasteiger partial charge in [0.05, 0.1) is 0 Å². The van der Waals surface area contributed by atoms with Crippen molar-refractivity contribution < 1.29 is 14.6 Å². The van der Waals surface area contributed by atoms with Gasteiger partial charge in [0.1, 0.15) is 0 Å². The summed E-state index contributed by atoms with van der Waals surface area (Å²) in [6.07, 6.45) is 8.15. The van der Waals surface area contributed by atoms with E-state index in [4.69, 9.17) is 9.84 Å². The Morgan fingerprint density at radius 2 is 2.11 bits per heavy atom. The molecule has 1 aliphatic rings. The molecule has 106 valence electrons. The minimum atomic E-state index is 0.0936. The van der Waals surface area contributed by atoms with Crippen LogP contribution in [0.25, 0.3) is 0 Å². The lowest BCUT2D eigenvalue weighted by Crippen LogP contribution is -2.41. The van der Waals surface area contributed by atoms with E-state index in [0.29, 0.717) is 25.4 Å². The van der Waals surface area contributed by atoms with Gasteiger partial charge in [-0.3, -0.25) is 4.79 Å². The van der Waals surface area contributed by atoms with E-state index in [1.54, 1.807) is 7.11 Å². The molecule has 1 rings (SSSR count). The minimum absolute atomic E-state index is 0.0936. The van der Waals surface area contributed by atoms with Crippen LogP contribution in [0.5, 0.6) is 0 Å². The Morgan fingerprint density at radius 1 is 1.39 bits per heavy atom. The zero-order valence-electron chi connectivity index (χ0n) is 11.5. The molecule has 0 aromatic heterocycles. The van der Waals surface area contributed by atoms with E-state index in [2.05, 4.69) is 5.32 Å². The molecule has 1 atom stereocenters. The van der Waals surface area contributed by atoms with Gasteiger partial charge in [-0.15, -0.1) is 0 Å². The Labute approximate surface area is 110 Å². The Kier molecular flexibility index (Phi) is 8.01. The van der Waals surface area contributed by atoms with Crippen LogP contribution < -0.4 is 5.32 Å². The molecule has 0 aliphatic heterocycles. The molecule has 0 aromatic rings. The Hall–Kier alpha value is -0.610. The topological polar surface area (TPSA) is 58.6 Å². The van der Waals surface area contributed by atoms with Gasteiger partial charge in [0.25, 0.3) is 0 Å². The van der Waals surface area contributed by atoms with Crippen LogP contribution in [0.15, 0.2) is 0 Å². The van der Waals surface area contributed by atoms with Gasteiger partial charge in [0.15, 0.2) is 0 Å². The Bertz CT molecular complexity index is 227. The number of amides is 1. The molecule has 18 heavy (non-hydrogen) atoms. The summed E-state index contributed by atoms with van der Waals surface area (Å²) >= 11 is 0. The van der Waals surface area contributed by atoms with Crippen molar-refractivity contribution in [1.29, 1.82) is 0 Å². The monoisotopic (exact) mass is 257 g/mol. The molecule has 1 saturated carbocycles. The van der Waals surface area contributed by atoms with Gasteiger partial charge in [0.2, 0.25) is 5.91 Å². The molecule has 0 saturated heterocycles. The highest BCUT2D eigenvalue weighted by molar-refractivity contribution is 5.76. The molecule has 1 unspecified atom stereocenters. The zero-order chi connectivity index (χ0) is 13.2. The van der Waals surface area contributed by atoms with Crippen LogP contribution in [0.3, 0.4) is 0 Å². The standard InChI is InChI=1S/C14H27NO3/c1-18-11-5-8-14(17)15-13(9-10-16)12-6-3-2-4-7-12/h12-13,16H,2-11H2,1H3,(H,15,17). The number of nitrogens with one attached hydrogen (secondary N) is 1. The van der Waals surface area contributed by atoms with Crippen molar-refractivity contribution in [3.8, 4) is 0 Å². The lowest BCUT2D eigenvalue weighted by Gasteiger charge is -2.30. The number of rotatable bonds is 8. The summed E-state index contributed by atoms with van der Waals surface area (Å²) in [5.74, 6) is 0.647. The quantitative estimate of drug-likeness (QED) is 0.653. The van der Waals surface area contributed by atoms with Crippen LogP contribution in [0.2, 0.25) is 0 Å². The van der Waals surface area contributed by atoms with E-state index in [1.165, 1.54) is 32.1 Å². The molecular weight excluding hydrogens is 230 g/mol. The van der Waals surface area contributed by atoms with E-state index >= 15 is 0 Å². The minimum Gasteiger partial charge on any atom is -0.396 e. The van der Waals surface area contributed by atoms with E-state index in [0.717, 1.165) is 6.42 Å². The zero-order valence-corrected chi connectivity index (χ0v) is 11.5. The molecule has 0 aromatic carbocycles. The molecule has 2 N–H and O–H groups in total. The largest absolute Gasteiger partial charge is 0.396 e. The maximum atomic E-state index is 11.8. The number of hydrogen-bond acceptors (Lipinski definition) is 3. The third-order valence-corrected chi connectivity index (χ3v) is 3.76. The van der Waals surface area contributed by atoms with Crippen LogP contribution in [0, 0.1) is 5.92 Å². The average molecular weight is 257 g/mol. The van der Waals surface area contributed by atoms with Gasteiger partial charge in [-0.1, -0.05) is 19.3 Å². The number of aliphatic hydroxyl groups is 1. The number of hydrogen-bond donors (Lipinski definition) is 2. The second kappa shape index (κ2) is 9.34. The van der Waals surface area contributed by atoms with E-state index in [9.17, 15) is 4.79 Å². The van der Waals surface area contributed by atoms with Gasteiger partial charge >= 0.3 is 0 Å². The lowest BCUT2D eigenvalue weighted by atomic mass is 9.82. The second-order valence-electron chi connectivity index (χ2n) is 5.18. The summed E-state index contributed by atoms with van der Waals surface area (Å²) in [7, 11) is 1.65. The number of aliphatic hydroxyl groups excluding tert-OH is 1. The number of carbonyl (C=O) groups is 1. The first-order valence-electron chi connectivity index (χ1n) is 7.17. The first-order chi connectivity index (χ1) is 8.77. The molecule has 1 fully saturated rings. The molecule has 0 bridgehead atoms. The van der Waals surface area contributed by atoms with Crippen molar-refractivity contribution in [3.63, 3.8) is 0 Å². The van der Waals surface area contributed by atoms with Crippen molar-refractivity contribution in [2.45, 2.75) is 57.4 Å². The van der Waals surface area contributed by atoms with Crippen LogP contribution in [-0.4, -0.2) is 37.4 Å². The molecule has 1 amide bonds. The third kappa shape index (κ3) is 5.83.